The molecule has 1 aliphatic carbocycles. The lowest BCUT2D eigenvalue weighted by molar-refractivity contribution is 0.512. The lowest BCUT2D eigenvalue weighted by atomic mass is 9.94. The third-order valence-corrected chi connectivity index (χ3v) is 7.29. The van der Waals surface area contributed by atoms with Crippen molar-refractivity contribution >= 4 is 50.2 Å². The van der Waals surface area contributed by atoms with Crippen molar-refractivity contribution in [2.24, 2.45) is 5.73 Å². The Balaban J connectivity index is 1.65. The highest BCUT2D eigenvalue weighted by Crippen LogP contribution is 2.40. The predicted octanol–water partition coefficient (Wildman–Crippen LogP) is 6.00. The average Bonchev–Trinajstić information content (AvgIpc) is 3.20. The molecule has 1 fully saturated rings. The van der Waals surface area contributed by atoms with Gasteiger partial charge >= 0.3 is 0 Å². The first-order valence-corrected chi connectivity index (χ1v) is 10.9. The molecule has 0 amide bonds. The number of nitrogens with zero attached hydrogens (tertiary/aromatic N) is 1. The Labute approximate surface area is 161 Å². The maximum atomic E-state index is 6.47. The molecule has 0 radical (unpaired) electrons. The molecule has 3 nitrogen and oxygen atoms in total. The standard InChI is InChI=1S/C19H22ClN3S2/c20-18-10-15(22-11-12-5-4-8-24-12)19-16(23-18)9-17(25-19)13-6-2-1-3-7-14(13)21/h4-5,8-10,13-14H,1-3,6-7,11,21H2,(H,22,23)/t13-,14+/m1/s1. The molecule has 3 aromatic heterocycles. The second kappa shape index (κ2) is 7.62. The van der Waals surface area contributed by atoms with Crippen LogP contribution in [0.15, 0.2) is 29.6 Å². The van der Waals surface area contributed by atoms with Gasteiger partial charge in [0.05, 0.1) is 15.9 Å². The molecule has 2 atom stereocenters. The minimum atomic E-state index is 0.258. The molecule has 3 aromatic rings. The summed E-state index contributed by atoms with van der Waals surface area (Å²) in [5.74, 6) is 0.450. The van der Waals surface area contributed by atoms with Crippen LogP contribution in [-0.4, -0.2) is 11.0 Å². The van der Waals surface area contributed by atoms with E-state index >= 15 is 0 Å². The molecular formula is C19H22ClN3S2. The monoisotopic (exact) mass is 391 g/mol. The van der Waals surface area contributed by atoms with E-state index in [9.17, 15) is 0 Å². The Bertz CT molecular complexity index is 844. The van der Waals surface area contributed by atoms with E-state index < -0.39 is 0 Å². The molecule has 1 saturated carbocycles. The van der Waals surface area contributed by atoms with Gasteiger partial charge < -0.3 is 11.1 Å². The number of hydrogen-bond donors (Lipinski definition) is 2. The molecule has 0 spiro atoms. The third-order valence-electron chi connectivity index (χ3n) is 4.93. The predicted molar refractivity (Wildman–Crippen MR) is 110 cm³/mol. The fraction of sp³-hybridized carbons (Fsp3) is 0.421. The van der Waals surface area contributed by atoms with E-state index in [2.05, 4.69) is 33.9 Å². The molecular weight excluding hydrogens is 370 g/mol. The van der Waals surface area contributed by atoms with Crippen molar-refractivity contribution in [3.05, 3.63) is 44.6 Å². The Morgan fingerprint density at radius 2 is 2.12 bits per heavy atom. The van der Waals surface area contributed by atoms with Crippen molar-refractivity contribution in [3.63, 3.8) is 0 Å². The second-order valence-electron chi connectivity index (χ2n) is 6.70. The normalized spacial score (nSPS) is 21.4. The van der Waals surface area contributed by atoms with Gasteiger partial charge in [-0.05, 0) is 30.4 Å². The Kier molecular flexibility index (Phi) is 5.27. The lowest BCUT2D eigenvalue weighted by Gasteiger charge is -2.19. The average molecular weight is 392 g/mol. The molecule has 0 bridgehead atoms. The Morgan fingerprint density at radius 3 is 2.96 bits per heavy atom. The van der Waals surface area contributed by atoms with E-state index in [0.717, 1.165) is 24.2 Å². The molecule has 6 heteroatoms. The summed E-state index contributed by atoms with van der Waals surface area (Å²) in [6.45, 7) is 0.809. The van der Waals surface area contributed by atoms with Gasteiger partial charge in [0, 0.05) is 34.3 Å². The summed E-state index contributed by atoms with van der Waals surface area (Å²) in [7, 11) is 0. The lowest BCUT2D eigenvalue weighted by Crippen LogP contribution is -2.26. The van der Waals surface area contributed by atoms with Crippen LogP contribution in [0.25, 0.3) is 10.2 Å². The molecule has 4 rings (SSSR count). The van der Waals surface area contributed by atoms with Crippen LogP contribution in [0.3, 0.4) is 0 Å². The highest BCUT2D eigenvalue weighted by molar-refractivity contribution is 7.19. The van der Waals surface area contributed by atoms with E-state index in [1.165, 1.54) is 40.1 Å². The molecule has 0 aromatic carbocycles. The highest BCUT2D eigenvalue weighted by Gasteiger charge is 2.24. The molecule has 0 unspecified atom stereocenters. The van der Waals surface area contributed by atoms with Gasteiger partial charge in [-0.15, -0.1) is 22.7 Å². The maximum absolute atomic E-state index is 6.47. The maximum Gasteiger partial charge on any atom is 0.131 e. The molecule has 0 saturated heterocycles. The number of aromatic nitrogens is 1. The van der Waals surface area contributed by atoms with E-state index in [1.807, 2.05) is 17.4 Å². The smallest absolute Gasteiger partial charge is 0.131 e. The van der Waals surface area contributed by atoms with Crippen LogP contribution in [0, 0.1) is 0 Å². The Hall–Kier alpha value is -1.14. The van der Waals surface area contributed by atoms with Gasteiger partial charge in [-0.2, -0.15) is 0 Å². The van der Waals surface area contributed by atoms with Gasteiger partial charge in [0.25, 0.3) is 0 Å². The first kappa shape index (κ1) is 17.3. The number of nitrogens with two attached hydrogens (primary N) is 1. The van der Waals surface area contributed by atoms with Crippen molar-refractivity contribution in [1.82, 2.24) is 4.98 Å². The van der Waals surface area contributed by atoms with Gasteiger partial charge in [-0.25, -0.2) is 4.98 Å². The van der Waals surface area contributed by atoms with E-state index in [1.54, 1.807) is 11.3 Å². The number of pyridine rings is 1. The summed E-state index contributed by atoms with van der Waals surface area (Å²) >= 11 is 9.85. The number of thiophene rings is 2. The van der Waals surface area contributed by atoms with Crippen molar-refractivity contribution in [1.29, 1.82) is 0 Å². The topological polar surface area (TPSA) is 50.9 Å². The van der Waals surface area contributed by atoms with Gasteiger partial charge in [0.1, 0.15) is 5.15 Å². The summed E-state index contributed by atoms with van der Waals surface area (Å²) in [5, 5.41) is 6.17. The molecule has 132 valence electrons. The minimum absolute atomic E-state index is 0.258. The minimum Gasteiger partial charge on any atom is -0.379 e. The van der Waals surface area contributed by atoms with Crippen molar-refractivity contribution in [2.45, 2.75) is 50.6 Å². The summed E-state index contributed by atoms with van der Waals surface area (Å²) in [4.78, 5) is 7.21. The van der Waals surface area contributed by atoms with Crippen molar-refractivity contribution in [2.75, 3.05) is 5.32 Å². The zero-order valence-electron chi connectivity index (χ0n) is 14.0. The number of halogens is 1. The number of anilines is 1. The molecule has 3 N–H and O–H groups in total. The van der Waals surface area contributed by atoms with Crippen LogP contribution in [0.5, 0.6) is 0 Å². The van der Waals surface area contributed by atoms with Gasteiger partial charge in [0.2, 0.25) is 0 Å². The van der Waals surface area contributed by atoms with Crippen LogP contribution in [0.4, 0.5) is 5.69 Å². The van der Waals surface area contributed by atoms with Gasteiger partial charge in [-0.3, -0.25) is 0 Å². The molecule has 25 heavy (non-hydrogen) atoms. The summed E-state index contributed by atoms with van der Waals surface area (Å²) in [6, 6.07) is 8.62. The van der Waals surface area contributed by atoms with Crippen LogP contribution in [0.1, 0.15) is 47.8 Å². The molecule has 0 aliphatic heterocycles. The van der Waals surface area contributed by atoms with Gasteiger partial charge in [0.15, 0.2) is 0 Å². The highest BCUT2D eigenvalue weighted by atomic mass is 35.5. The fourth-order valence-electron chi connectivity index (χ4n) is 3.61. The third kappa shape index (κ3) is 3.85. The Morgan fingerprint density at radius 1 is 1.24 bits per heavy atom. The number of nitrogens with one attached hydrogen (secondary N) is 1. The van der Waals surface area contributed by atoms with Crippen LogP contribution < -0.4 is 11.1 Å². The summed E-state index contributed by atoms with van der Waals surface area (Å²) in [5.41, 5.74) is 8.52. The van der Waals surface area contributed by atoms with E-state index in [-0.39, 0.29) is 6.04 Å². The van der Waals surface area contributed by atoms with Crippen LogP contribution in [0.2, 0.25) is 5.15 Å². The zero-order valence-corrected chi connectivity index (χ0v) is 16.4. The van der Waals surface area contributed by atoms with Crippen molar-refractivity contribution < 1.29 is 0 Å². The molecule has 1 aliphatic rings. The first-order chi connectivity index (χ1) is 12.2. The largest absolute Gasteiger partial charge is 0.379 e. The number of rotatable bonds is 4. The second-order valence-corrected chi connectivity index (χ2v) is 9.20. The number of hydrogen-bond acceptors (Lipinski definition) is 5. The van der Waals surface area contributed by atoms with E-state index in [0.29, 0.717) is 11.1 Å². The fourth-order valence-corrected chi connectivity index (χ4v) is 5.75. The molecule has 3 heterocycles. The first-order valence-electron chi connectivity index (χ1n) is 8.82. The van der Waals surface area contributed by atoms with Gasteiger partial charge in [-0.1, -0.05) is 36.9 Å². The number of fused-ring (bicyclic) bond motifs is 1. The zero-order chi connectivity index (χ0) is 17.2. The summed E-state index contributed by atoms with van der Waals surface area (Å²) in [6.07, 6.45) is 6.12. The van der Waals surface area contributed by atoms with Crippen molar-refractivity contribution in [3.8, 4) is 0 Å². The van der Waals surface area contributed by atoms with Crippen LogP contribution in [-0.2, 0) is 6.54 Å². The summed E-state index contributed by atoms with van der Waals surface area (Å²) < 4.78 is 1.19. The van der Waals surface area contributed by atoms with E-state index in [4.69, 9.17) is 17.3 Å². The SMILES string of the molecule is N[C@H]1CCCCC[C@H]1c1cc2nc(Cl)cc(NCc3cccs3)c2s1. The van der Waals surface area contributed by atoms with Crippen LogP contribution >= 0.6 is 34.3 Å². The quantitative estimate of drug-likeness (QED) is 0.423.